The molecule has 0 saturated heterocycles. The van der Waals surface area contributed by atoms with Gasteiger partial charge in [-0.3, -0.25) is 14.2 Å². The predicted molar refractivity (Wildman–Crippen MR) is 110 cm³/mol. The van der Waals surface area contributed by atoms with Crippen molar-refractivity contribution in [1.29, 1.82) is 0 Å². The first-order valence-electron chi connectivity index (χ1n) is 9.14. The summed E-state index contributed by atoms with van der Waals surface area (Å²) in [7, 11) is 0. The maximum atomic E-state index is 12.8. The molecule has 0 unspecified atom stereocenters. The number of hydrogen-bond acceptors (Lipinski definition) is 3. The zero-order valence-electron chi connectivity index (χ0n) is 15.1. The van der Waals surface area contributed by atoms with Crippen LogP contribution >= 0.6 is 15.9 Å². The SMILES string of the molecule is Cc1ccc(NC(=O)c2ccc3c(=O)n4c(nc3c2)CCCCC4)c(Br)c1. The lowest BCUT2D eigenvalue weighted by molar-refractivity contribution is 0.102. The van der Waals surface area contributed by atoms with Crippen molar-refractivity contribution in [1.82, 2.24) is 9.55 Å². The van der Waals surface area contributed by atoms with Crippen LogP contribution in [0.3, 0.4) is 0 Å². The maximum absolute atomic E-state index is 12.8. The van der Waals surface area contributed by atoms with Gasteiger partial charge in [0.1, 0.15) is 5.82 Å². The minimum atomic E-state index is -0.224. The molecule has 5 nitrogen and oxygen atoms in total. The average Bonchev–Trinajstić information content (AvgIpc) is 2.89. The molecular formula is C21H20BrN3O2. The first kappa shape index (κ1) is 17.9. The van der Waals surface area contributed by atoms with E-state index in [0.29, 0.717) is 22.2 Å². The van der Waals surface area contributed by atoms with E-state index >= 15 is 0 Å². The number of aryl methyl sites for hydroxylation is 2. The highest BCUT2D eigenvalue weighted by Crippen LogP contribution is 2.24. The van der Waals surface area contributed by atoms with Crippen molar-refractivity contribution in [2.24, 2.45) is 0 Å². The fourth-order valence-electron chi connectivity index (χ4n) is 3.48. The zero-order chi connectivity index (χ0) is 19.0. The van der Waals surface area contributed by atoms with Gasteiger partial charge in [-0.25, -0.2) is 4.98 Å². The summed E-state index contributed by atoms with van der Waals surface area (Å²) in [5, 5.41) is 3.47. The van der Waals surface area contributed by atoms with Gasteiger partial charge in [0.05, 0.1) is 16.6 Å². The first-order valence-corrected chi connectivity index (χ1v) is 9.93. The molecule has 27 heavy (non-hydrogen) atoms. The lowest BCUT2D eigenvalue weighted by Gasteiger charge is -2.11. The summed E-state index contributed by atoms with van der Waals surface area (Å²) in [5.41, 5.74) is 2.88. The number of benzene rings is 2. The molecule has 0 saturated carbocycles. The number of rotatable bonds is 2. The van der Waals surface area contributed by atoms with Crippen molar-refractivity contribution in [2.75, 3.05) is 5.32 Å². The third-order valence-electron chi connectivity index (χ3n) is 4.95. The smallest absolute Gasteiger partial charge is 0.261 e. The quantitative estimate of drug-likeness (QED) is 0.659. The summed E-state index contributed by atoms with van der Waals surface area (Å²) in [6.07, 6.45) is 3.96. The topological polar surface area (TPSA) is 64.0 Å². The van der Waals surface area contributed by atoms with E-state index in [1.165, 1.54) is 0 Å². The number of halogens is 1. The number of fused-ring (bicyclic) bond motifs is 2. The summed E-state index contributed by atoms with van der Waals surface area (Å²) in [4.78, 5) is 30.2. The van der Waals surface area contributed by atoms with Gasteiger partial charge in [-0.05, 0) is 71.6 Å². The van der Waals surface area contributed by atoms with Gasteiger partial charge in [0, 0.05) is 23.0 Å². The fraction of sp³-hybridized carbons (Fsp3) is 0.286. The van der Waals surface area contributed by atoms with E-state index in [1.807, 2.05) is 25.1 Å². The molecular weight excluding hydrogens is 406 g/mol. The van der Waals surface area contributed by atoms with E-state index in [2.05, 4.69) is 26.2 Å². The summed E-state index contributed by atoms with van der Waals surface area (Å²) in [6.45, 7) is 2.72. The molecule has 1 aliphatic rings. The van der Waals surface area contributed by atoms with Crippen LogP contribution in [0.2, 0.25) is 0 Å². The number of amides is 1. The Morgan fingerprint density at radius 2 is 2.00 bits per heavy atom. The van der Waals surface area contributed by atoms with Crippen molar-refractivity contribution in [3.05, 3.63) is 68.2 Å². The van der Waals surface area contributed by atoms with Crippen LogP contribution in [0, 0.1) is 6.92 Å². The van der Waals surface area contributed by atoms with Crippen LogP contribution in [-0.2, 0) is 13.0 Å². The van der Waals surface area contributed by atoms with E-state index < -0.39 is 0 Å². The van der Waals surface area contributed by atoms with Crippen LogP contribution in [0.5, 0.6) is 0 Å². The molecule has 0 radical (unpaired) electrons. The summed E-state index contributed by atoms with van der Waals surface area (Å²) >= 11 is 3.47. The largest absolute Gasteiger partial charge is 0.321 e. The molecule has 0 spiro atoms. The monoisotopic (exact) mass is 425 g/mol. The third kappa shape index (κ3) is 3.54. The zero-order valence-corrected chi connectivity index (χ0v) is 16.7. The van der Waals surface area contributed by atoms with E-state index in [0.717, 1.165) is 48.1 Å². The van der Waals surface area contributed by atoms with Gasteiger partial charge in [-0.15, -0.1) is 0 Å². The fourth-order valence-corrected chi connectivity index (χ4v) is 4.07. The summed E-state index contributed by atoms with van der Waals surface area (Å²) < 4.78 is 2.62. The lowest BCUT2D eigenvalue weighted by atomic mass is 10.1. The maximum Gasteiger partial charge on any atom is 0.261 e. The minimum Gasteiger partial charge on any atom is -0.321 e. The summed E-state index contributed by atoms with van der Waals surface area (Å²) in [5.74, 6) is 0.599. The van der Waals surface area contributed by atoms with Crippen LogP contribution in [0.15, 0.2) is 45.7 Å². The molecule has 0 fully saturated rings. The molecule has 0 bridgehead atoms. The number of anilines is 1. The van der Waals surface area contributed by atoms with E-state index in [-0.39, 0.29) is 11.5 Å². The van der Waals surface area contributed by atoms with Gasteiger partial charge in [0.15, 0.2) is 0 Å². The van der Waals surface area contributed by atoms with Gasteiger partial charge in [-0.1, -0.05) is 12.5 Å². The van der Waals surface area contributed by atoms with Crippen LogP contribution < -0.4 is 10.9 Å². The second kappa shape index (κ2) is 7.27. The molecule has 6 heteroatoms. The Kier molecular flexibility index (Phi) is 4.83. The number of nitrogens with one attached hydrogen (secondary N) is 1. The van der Waals surface area contributed by atoms with Crippen molar-refractivity contribution in [3.63, 3.8) is 0 Å². The van der Waals surface area contributed by atoms with Crippen molar-refractivity contribution < 1.29 is 4.79 Å². The van der Waals surface area contributed by atoms with Crippen LogP contribution in [0.25, 0.3) is 10.9 Å². The number of carbonyl (C=O) groups excluding carboxylic acids is 1. The molecule has 0 aliphatic carbocycles. The van der Waals surface area contributed by atoms with Crippen LogP contribution in [-0.4, -0.2) is 15.5 Å². The highest BCUT2D eigenvalue weighted by Gasteiger charge is 2.16. The molecule has 4 rings (SSSR count). The van der Waals surface area contributed by atoms with Crippen LogP contribution in [0.4, 0.5) is 5.69 Å². The Morgan fingerprint density at radius 1 is 1.15 bits per heavy atom. The third-order valence-corrected chi connectivity index (χ3v) is 5.61. The molecule has 1 aliphatic heterocycles. The second-order valence-corrected chi connectivity index (χ2v) is 7.82. The van der Waals surface area contributed by atoms with Gasteiger partial charge >= 0.3 is 0 Å². The van der Waals surface area contributed by atoms with Gasteiger partial charge in [0.25, 0.3) is 11.5 Å². The Morgan fingerprint density at radius 3 is 2.81 bits per heavy atom. The van der Waals surface area contributed by atoms with Crippen LogP contribution in [0.1, 0.15) is 41.0 Å². The Hall–Kier alpha value is -2.47. The normalized spacial score (nSPS) is 13.9. The van der Waals surface area contributed by atoms with Crippen molar-refractivity contribution in [3.8, 4) is 0 Å². The highest BCUT2D eigenvalue weighted by molar-refractivity contribution is 9.10. The molecule has 1 N–H and O–H groups in total. The van der Waals surface area contributed by atoms with Crippen molar-refractivity contribution in [2.45, 2.75) is 39.2 Å². The molecule has 2 heterocycles. The predicted octanol–water partition coefficient (Wildman–Crippen LogP) is 4.45. The Bertz CT molecular complexity index is 1100. The van der Waals surface area contributed by atoms with Gasteiger partial charge in [0.2, 0.25) is 0 Å². The average molecular weight is 426 g/mol. The highest BCUT2D eigenvalue weighted by atomic mass is 79.9. The standard InChI is InChI=1S/C21H20BrN3O2/c1-13-6-9-17(16(22)11-13)24-20(26)14-7-8-15-18(12-14)23-19-5-3-2-4-10-25(19)21(15)27/h6-9,11-12H,2-5,10H2,1H3,(H,24,26). The summed E-state index contributed by atoms with van der Waals surface area (Å²) in [6, 6.07) is 10.9. The Balaban J connectivity index is 1.70. The molecule has 1 amide bonds. The van der Waals surface area contributed by atoms with E-state index in [1.54, 1.807) is 22.8 Å². The minimum absolute atomic E-state index is 0.00913. The van der Waals surface area contributed by atoms with Gasteiger partial charge < -0.3 is 5.32 Å². The number of aromatic nitrogens is 2. The molecule has 3 aromatic rings. The molecule has 1 aromatic heterocycles. The number of nitrogens with zero attached hydrogens (tertiary/aromatic N) is 2. The second-order valence-electron chi connectivity index (χ2n) is 6.96. The first-order chi connectivity index (χ1) is 13.0. The molecule has 2 aromatic carbocycles. The Labute approximate surface area is 165 Å². The van der Waals surface area contributed by atoms with Crippen molar-refractivity contribution >= 4 is 38.4 Å². The number of carbonyl (C=O) groups is 1. The lowest BCUT2D eigenvalue weighted by Crippen LogP contribution is -2.24. The van der Waals surface area contributed by atoms with E-state index in [4.69, 9.17) is 0 Å². The molecule has 0 atom stereocenters. The molecule has 138 valence electrons. The number of hydrogen-bond donors (Lipinski definition) is 1. The van der Waals surface area contributed by atoms with E-state index in [9.17, 15) is 9.59 Å². The van der Waals surface area contributed by atoms with Gasteiger partial charge in [-0.2, -0.15) is 0 Å².